The van der Waals surface area contributed by atoms with Crippen LogP contribution in [0.3, 0.4) is 0 Å². The number of benzene rings is 2. The van der Waals surface area contributed by atoms with E-state index < -0.39 is 6.10 Å². The van der Waals surface area contributed by atoms with E-state index in [4.69, 9.17) is 4.74 Å². The van der Waals surface area contributed by atoms with E-state index in [1.54, 1.807) is 62.3 Å². The Bertz CT molecular complexity index is 914. The first-order valence-electron chi connectivity index (χ1n) is 10.0. The lowest BCUT2D eigenvalue weighted by atomic mass is 10.0. The Morgan fingerprint density at radius 2 is 1.90 bits per heavy atom. The third-order valence-electron chi connectivity index (χ3n) is 5.16. The van der Waals surface area contributed by atoms with Crippen LogP contribution in [0.1, 0.15) is 34.5 Å². The standard InChI is InChI=1S/C23H28FN3O3/c1-15-5-6-18(13-20(15)24)21(23(29)27-12-11-25-16(2)14-27)30-19-9-7-17(8-10-19)22(28)26(3)4/h5-10,13,16,21,25H,11-12,14H2,1-4H3/t16-,21-/m1/s1. The molecule has 0 aromatic heterocycles. The van der Waals surface area contributed by atoms with Gasteiger partial charge in [-0.25, -0.2) is 4.39 Å². The molecule has 0 aliphatic carbocycles. The fraction of sp³-hybridized carbons (Fsp3) is 0.391. The molecule has 160 valence electrons. The highest BCUT2D eigenvalue weighted by Crippen LogP contribution is 2.26. The molecule has 2 aromatic rings. The Labute approximate surface area is 176 Å². The van der Waals surface area contributed by atoms with Gasteiger partial charge in [0.25, 0.3) is 11.8 Å². The maximum absolute atomic E-state index is 14.2. The number of ether oxygens (including phenoxy) is 1. The number of carbonyl (C=O) groups excluding carboxylic acids is 2. The van der Waals surface area contributed by atoms with Crippen molar-refractivity contribution in [1.29, 1.82) is 0 Å². The van der Waals surface area contributed by atoms with E-state index >= 15 is 0 Å². The third-order valence-corrected chi connectivity index (χ3v) is 5.16. The molecule has 0 bridgehead atoms. The molecule has 1 aliphatic rings. The fourth-order valence-corrected chi connectivity index (χ4v) is 3.40. The van der Waals surface area contributed by atoms with Crippen LogP contribution in [0.15, 0.2) is 42.5 Å². The van der Waals surface area contributed by atoms with Crippen molar-refractivity contribution in [2.75, 3.05) is 33.7 Å². The number of nitrogens with one attached hydrogen (secondary N) is 1. The Balaban J connectivity index is 1.88. The molecule has 1 fully saturated rings. The van der Waals surface area contributed by atoms with Crippen LogP contribution in [0.2, 0.25) is 0 Å². The van der Waals surface area contributed by atoms with Gasteiger partial charge >= 0.3 is 0 Å². The van der Waals surface area contributed by atoms with E-state index in [1.807, 2.05) is 6.92 Å². The molecule has 0 radical (unpaired) electrons. The van der Waals surface area contributed by atoms with Crippen molar-refractivity contribution in [3.8, 4) is 5.75 Å². The molecule has 1 saturated heterocycles. The smallest absolute Gasteiger partial charge is 0.268 e. The summed E-state index contributed by atoms with van der Waals surface area (Å²) in [5, 5.41) is 3.31. The van der Waals surface area contributed by atoms with E-state index in [0.717, 1.165) is 0 Å². The zero-order valence-corrected chi connectivity index (χ0v) is 17.8. The molecule has 2 atom stereocenters. The summed E-state index contributed by atoms with van der Waals surface area (Å²) >= 11 is 0. The predicted molar refractivity (Wildman–Crippen MR) is 113 cm³/mol. The number of carbonyl (C=O) groups is 2. The highest BCUT2D eigenvalue weighted by atomic mass is 19.1. The van der Waals surface area contributed by atoms with Crippen LogP contribution in [-0.4, -0.2) is 61.4 Å². The van der Waals surface area contributed by atoms with Gasteiger partial charge in [-0.3, -0.25) is 9.59 Å². The molecule has 1 heterocycles. The molecule has 0 saturated carbocycles. The largest absolute Gasteiger partial charge is 0.476 e. The lowest BCUT2D eigenvalue weighted by Gasteiger charge is -2.34. The van der Waals surface area contributed by atoms with E-state index in [2.05, 4.69) is 5.32 Å². The van der Waals surface area contributed by atoms with Crippen LogP contribution >= 0.6 is 0 Å². The van der Waals surface area contributed by atoms with Crippen LogP contribution in [0.25, 0.3) is 0 Å². The minimum Gasteiger partial charge on any atom is -0.476 e. The minimum absolute atomic E-state index is 0.121. The quantitative estimate of drug-likeness (QED) is 0.819. The fourth-order valence-electron chi connectivity index (χ4n) is 3.40. The number of aryl methyl sites for hydroxylation is 1. The van der Waals surface area contributed by atoms with E-state index in [1.165, 1.54) is 11.0 Å². The van der Waals surface area contributed by atoms with Crippen LogP contribution < -0.4 is 10.1 Å². The maximum atomic E-state index is 14.2. The Kier molecular flexibility index (Phi) is 6.72. The number of nitrogens with zero attached hydrogens (tertiary/aromatic N) is 2. The lowest BCUT2D eigenvalue weighted by Crippen LogP contribution is -2.53. The molecule has 2 amide bonds. The van der Waals surface area contributed by atoms with E-state index in [-0.39, 0.29) is 23.7 Å². The number of hydrogen-bond donors (Lipinski definition) is 1. The summed E-state index contributed by atoms with van der Waals surface area (Å²) < 4.78 is 20.3. The van der Waals surface area contributed by atoms with Crippen molar-refractivity contribution in [1.82, 2.24) is 15.1 Å². The number of piperazine rings is 1. The molecule has 0 spiro atoms. The van der Waals surface area contributed by atoms with Crippen molar-refractivity contribution in [2.24, 2.45) is 0 Å². The van der Waals surface area contributed by atoms with Crippen LogP contribution in [-0.2, 0) is 4.79 Å². The summed E-state index contributed by atoms with van der Waals surface area (Å²) in [5.74, 6) is -0.271. The summed E-state index contributed by atoms with van der Waals surface area (Å²) in [5.41, 5.74) is 1.49. The molecule has 2 aromatic carbocycles. The Hall–Kier alpha value is -2.93. The molecule has 30 heavy (non-hydrogen) atoms. The predicted octanol–water partition coefficient (Wildman–Crippen LogP) is 2.78. The maximum Gasteiger partial charge on any atom is 0.268 e. The SMILES string of the molecule is Cc1ccc([C@@H](Oc2ccc(C(=O)N(C)C)cc2)C(=O)N2CCN[C@H](C)C2)cc1F. The van der Waals surface area contributed by atoms with Gasteiger partial charge in [-0.05, 0) is 49.7 Å². The lowest BCUT2D eigenvalue weighted by molar-refractivity contribution is -0.140. The molecule has 1 N–H and O–H groups in total. The normalized spacial score (nSPS) is 17.4. The summed E-state index contributed by atoms with van der Waals surface area (Å²) in [7, 11) is 3.36. The topological polar surface area (TPSA) is 61.9 Å². The number of hydrogen-bond acceptors (Lipinski definition) is 4. The minimum atomic E-state index is -0.971. The van der Waals surface area contributed by atoms with E-state index in [9.17, 15) is 14.0 Å². The van der Waals surface area contributed by atoms with Crippen molar-refractivity contribution in [3.63, 3.8) is 0 Å². The highest BCUT2D eigenvalue weighted by Gasteiger charge is 2.31. The van der Waals surface area contributed by atoms with Crippen LogP contribution in [0.5, 0.6) is 5.75 Å². The first kappa shape index (κ1) is 21.8. The van der Waals surface area contributed by atoms with Crippen LogP contribution in [0.4, 0.5) is 4.39 Å². The highest BCUT2D eigenvalue weighted by molar-refractivity contribution is 5.94. The van der Waals surface area contributed by atoms with Gasteiger partial charge in [0, 0.05) is 50.9 Å². The molecule has 7 heteroatoms. The zero-order valence-electron chi connectivity index (χ0n) is 17.8. The van der Waals surface area contributed by atoms with E-state index in [0.29, 0.717) is 42.1 Å². The Morgan fingerprint density at radius 1 is 1.20 bits per heavy atom. The summed E-state index contributed by atoms with van der Waals surface area (Å²) in [6.07, 6.45) is -0.971. The van der Waals surface area contributed by atoms with Crippen LogP contribution in [0, 0.1) is 12.7 Å². The second-order valence-corrected chi connectivity index (χ2v) is 7.87. The molecule has 3 rings (SSSR count). The molecule has 1 aliphatic heterocycles. The molecular formula is C23H28FN3O3. The van der Waals surface area contributed by atoms with Crippen molar-refractivity contribution >= 4 is 11.8 Å². The number of halogens is 1. The number of amides is 2. The van der Waals surface area contributed by atoms with Crippen molar-refractivity contribution < 1.29 is 18.7 Å². The van der Waals surface area contributed by atoms with Gasteiger partial charge in [0.2, 0.25) is 6.10 Å². The molecule has 6 nitrogen and oxygen atoms in total. The van der Waals surface area contributed by atoms with Gasteiger partial charge in [0.1, 0.15) is 11.6 Å². The second kappa shape index (κ2) is 9.26. The van der Waals surface area contributed by atoms with Gasteiger partial charge < -0.3 is 19.9 Å². The third kappa shape index (κ3) is 4.97. The summed E-state index contributed by atoms with van der Waals surface area (Å²) in [4.78, 5) is 28.6. The first-order chi connectivity index (χ1) is 14.3. The number of rotatable bonds is 5. The molecular weight excluding hydrogens is 385 g/mol. The van der Waals surface area contributed by atoms with Crippen molar-refractivity contribution in [2.45, 2.75) is 26.0 Å². The van der Waals surface area contributed by atoms with Gasteiger partial charge in [0.05, 0.1) is 0 Å². The summed E-state index contributed by atoms with van der Waals surface area (Å²) in [6.45, 7) is 5.51. The summed E-state index contributed by atoms with van der Waals surface area (Å²) in [6, 6.07) is 11.5. The van der Waals surface area contributed by atoms with Crippen molar-refractivity contribution in [3.05, 3.63) is 65.0 Å². The van der Waals surface area contributed by atoms with Gasteiger partial charge in [-0.2, -0.15) is 0 Å². The van der Waals surface area contributed by atoms with Gasteiger partial charge in [0.15, 0.2) is 0 Å². The second-order valence-electron chi connectivity index (χ2n) is 7.87. The zero-order chi connectivity index (χ0) is 21.8. The average Bonchev–Trinajstić information content (AvgIpc) is 2.73. The average molecular weight is 413 g/mol. The Morgan fingerprint density at radius 3 is 2.50 bits per heavy atom. The monoisotopic (exact) mass is 413 g/mol. The van der Waals surface area contributed by atoms with Gasteiger partial charge in [-0.1, -0.05) is 12.1 Å². The molecule has 0 unspecified atom stereocenters. The van der Waals surface area contributed by atoms with Gasteiger partial charge in [-0.15, -0.1) is 0 Å². The first-order valence-corrected chi connectivity index (χ1v) is 10.0.